The lowest BCUT2D eigenvalue weighted by atomic mass is 10.1. The Morgan fingerprint density at radius 2 is 1.57 bits per heavy atom. The largest absolute Gasteiger partial charge is 0.465 e. The normalized spacial score (nSPS) is 11.4. The first kappa shape index (κ1) is 27.1. The minimum atomic E-state index is -0.954. The second-order valence-electron chi connectivity index (χ2n) is 8.95. The molecule has 9 heteroatoms. The first-order valence-corrected chi connectivity index (χ1v) is 11.6. The molecule has 2 amide bonds. The molecule has 0 aliphatic rings. The predicted octanol–water partition coefficient (Wildman–Crippen LogP) is 5.59. The van der Waals surface area contributed by atoms with E-state index < -0.39 is 23.8 Å². The molecule has 1 heterocycles. The number of methoxy groups -OCH3 is 1. The highest BCUT2D eigenvalue weighted by Gasteiger charge is 2.22. The van der Waals surface area contributed by atoms with Gasteiger partial charge < -0.3 is 14.2 Å². The summed E-state index contributed by atoms with van der Waals surface area (Å²) in [6.07, 6.45) is -1.86. The molecule has 1 N–H and O–H groups in total. The SMILES string of the molecule is COC(=O)C(Cc1nc(-c2ccccc2)ccc1NC(=O)OC(C)(C)C)=NC(=O)OCc1ccccc1. The lowest BCUT2D eigenvalue weighted by Gasteiger charge is -2.20. The first-order chi connectivity index (χ1) is 17.6. The summed E-state index contributed by atoms with van der Waals surface area (Å²) >= 11 is 0. The molecule has 0 fully saturated rings. The monoisotopic (exact) mass is 503 g/mol. The van der Waals surface area contributed by atoms with Gasteiger partial charge in [0.15, 0.2) is 0 Å². The molecule has 0 atom stereocenters. The van der Waals surface area contributed by atoms with Crippen molar-refractivity contribution in [2.24, 2.45) is 4.99 Å². The summed E-state index contributed by atoms with van der Waals surface area (Å²) in [5.74, 6) is -0.827. The van der Waals surface area contributed by atoms with E-state index in [9.17, 15) is 14.4 Å². The smallest absolute Gasteiger partial charge is 0.434 e. The summed E-state index contributed by atoms with van der Waals surface area (Å²) in [6, 6.07) is 21.8. The number of carbonyl (C=O) groups excluding carboxylic acids is 3. The van der Waals surface area contributed by atoms with Gasteiger partial charge in [-0.3, -0.25) is 10.3 Å². The third-order valence-corrected chi connectivity index (χ3v) is 4.87. The zero-order chi connectivity index (χ0) is 26.8. The van der Waals surface area contributed by atoms with Crippen LogP contribution in [0.4, 0.5) is 15.3 Å². The quantitative estimate of drug-likeness (QED) is 0.254. The van der Waals surface area contributed by atoms with Gasteiger partial charge in [-0.1, -0.05) is 60.7 Å². The Hall–Kier alpha value is -4.53. The zero-order valence-corrected chi connectivity index (χ0v) is 21.2. The van der Waals surface area contributed by atoms with Crippen LogP contribution in [0.2, 0.25) is 0 Å². The Balaban J connectivity index is 1.91. The Kier molecular flexibility index (Phi) is 9.10. The van der Waals surface area contributed by atoms with Crippen molar-refractivity contribution in [3.8, 4) is 11.3 Å². The molecule has 2 aromatic carbocycles. The van der Waals surface area contributed by atoms with Gasteiger partial charge >= 0.3 is 18.2 Å². The van der Waals surface area contributed by atoms with Gasteiger partial charge in [0, 0.05) is 12.0 Å². The lowest BCUT2D eigenvalue weighted by molar-refractivity contribution is -0.132. The van der Waals surface area contributed by atoms with Crippen LogP contribution in [0, 0.1) is 0 Å². The van der Waals surface area contributed by atoms with E-state index in [2.05, 4.69) is 15.3 Å². The maximum atomic E-state index is 12.5. The number of hydrogen-bond acceptors (Lipinski definition) is 7. The molecule has 9 nitrogen and oxygen atoms in total. The van der Waals surface area contributed by atoms with E-state index in [0.717, 1.165) is 11.1 Å². The standard InChI is InChI=1S/C28H29N3O6/c1-28(2,3)37-27(34)30-22-16-15-21(20-13-9-6-10-14-20)29-23(22)17-24(25(32)35-4)31-26(33)36-18-19-11-7-5-8-12-19/h5-16H,17-18H2,1-4H3,(H,30,34). The van der Waals surface area contributed by atoms with E-state index >= 15 is 0 Å². The number of nitrogens with zero attached hydrogens (tertiary/aromatic N) is 2. The fraction of sp³-hybridized carbons (Fsp3) is 0.250. The van der Waals surface area contributed by atoms with E-state index in [1.807, 2.05) is 48.5 Å². The fourth-order valence-corrected chi connectivity index (χ4v) is 3.23. The summed E-state index contributed by atoms with van der Waals surface area (Å²) in [5.41, 5.74) is 1.82. The Bertz CT molecular complexity index is 1270. The third-order valence-electron chi connectivity index (χ3n) is 4.87. The topological polar surface area (TPSA) is 116 Å². The van der Waals surface area contributed by atoms with Crippen molar-refractivity contribution >= 4 is 29.6 Å². The number of pyridine rings is 1. The Morgan fingerprint density at radius 1 is 0.919 bits per heavy atom. The van der Waals surface area contributed by atoms with Crippen molar-refractivity contribution in [2.45, 2.75) is 39.4 Å². The number of aliphatic imine (C=N–C) groups is 1. The van der Waals surface area contributed by atoms with Crippen molar-refractivity contribution in [1.82, 2.24) is 4.98 Å². The van der Waals surface area contributed by atoms with Crippen molar-refractivity contribution in [3.05, 3.63) is 84.1 Å². The molecule has 0 saturated carbocycles. The van der Waals surface area contributed by atoms with Crippen LogP contribution in [0.1, 0.15) is 32.0 Å². The number of hydrogen-bond donors (Lipinski definition) is 1. The maximum Gasteiger partial charge on any atom is 0.434 e. The Morgan fingerprint density at radius 3 is 2.19 bits per heavy atom. The number of nitrogens with one attached hydrogen (secondary N) is 1. The highest BCUT2D eigenvalue weighted by molar-refractivity contribution is 6.38. The molecule has 0 saturated heterocycles. The van der Waals surface area contributed by atoms with Crippen LogP contribution in [-0.4, -0.2) is 41.6 Å². The van der Waals surface area contributed by atoms with E-state index in [-0.39, 0.29) is 24.4 Å². The molecule has 0 aliphatic carbocycles. The summed E-state index contributed by atoms with van der Waals surface area (Å²) in [7, 11) is 1.18. The van der Waals surface area contributed by atoms with Gasteiger partial charge in [-0.05, 0) is 38.5 Å². The molecule has 192 valence electrons. The van der Waals surface area contributed by atoms with E-state index in [1.54, 1.807) is 45.0 Å². The van der Waals surface area contributed by atoms with Gasteiger partial charge in [-0.15, -0.1) is 0 Å². The number of amides is 2. The molecule has 0 radical (unpaired) electrons. The molecule has 3 rings (SSSR count). The molecular weight excluding hydrogens is 474 g/mol. The van der Waals surface area contributed by atoms with Crippen LogP contribution >= 0.6 is 0 Å². The van der Waals surface area contributed by atoms with Crippen molar-refractivity contribution in [2.75, 3.05) is 12.4 Å². The highest BCUT2D eigenvalue weighted by Crippen LogP contribution is 2.23. The molecule has 0 aliphatic heterocycles. The fourth-order valence-electron chi connectivity index (χ4n) is 3.23. The Labute approximate surface area is 215 Å². The van der Waals surface area contributed by atoms with Crippen molar-refractivity contribution in [1.29, 1.82) is 0 Å². The number of aromatic nitrogens is 1. The number of carbonyl (C=O) groups is 3. The van der Waals surface area contributed by atoms with Gasteiger partial charge in [0.2, 0.25) is 0 Å². The number of anilines is 1. The minimum absolute atomic E-state index is 0.00911. The highest BCUT2D eigenvalue weighted by atomic mass is 16.6. The maximum absolute atomic E-state index is 12.5. The number of ether oxygens (including phenoxy) is 3. The van der Waals surface area contributed by atoms with Gasteiger partial charge in [-0.2, -0.15) is 4.99 Å². The molecule has 0 bridgehead atoms. The minimum Gasteiger partial charge on any atom is -0.465 e. The molecule has 0 spiro atoms. The predicted molar refractivity (Wildman–Crippen MR) is 139 cm³/mol. The van der Waals surface area contributed by atoms with Crippen LogP contribution < -0.4 is 5.32 Å². The van der Waals surface area contributed by atoms with Gasteiger partial charge in [-0.25, -0.2) is 14.4 Å². The summed E-state index contributed by atoms with van der Waals surface area (Å²) in [5, 5.41) is 2.66. The van der Waals surface area contributed by atoms with Crippen LogP contribution in [-0.2, 0) is 32.0 Å². The second kappa shape index (κ2) is 12.4. The van der Waals surface area contributed by atoms with Gasteiger partial charge in [0.25, 0.3) is 0 Å². The van der Waals surface area contributed by atoms with Crippen LogP contribution in [0.3, 0.4) is 0 Å². The summed E-state index contributed by atoms with van der Waals surface area (Å²) < 4.78 is 15.4. The van der Waals surface area contributed by atoms with Crippen LogP contribution in [0.25, 0.3) is 11.3 Å². The van der Waals surface area contributed by atoms with Crippen molar-refractivity contribution in [3.63, 3.8) is 0 Å². The average Bonchev–Trinajstić information content (AvgIpc) is 2.87. The summed E-state index contributed by atoms with van der Waals surface area (Å²) in [4.78, 5) is 45.8. The van der Waals surface area contributed by atoms with Crippen LogP contribution in [0.15, 0.2) is 77.8 Å². The van der Waals surface area contributed by atoms with Gasteiger partial charge in [0.1, 0.15) is 17.9 Å². The van der Waals surface area contributed by atoms with E-state index in [0.29, 0.717) is 11.4 Å². The molecule has 3 aromatic rings. The lowest BCUT2D eigenvalue weighted by Crippen LogP contribution is -2.28. The van der Waals surface area contributed by atoms with Crippen molar-refractivity contribution < 1.29 is 28.6 Å². The number of benzene rings is 2. The van der Waals surface area contributed by atoms with E-state index in [4.69, 9.17) is 14.2 Å². The molecule has 0 unspecified atom stereocenters. The third kappa shape index (κ3) is 8.57. The van der Waals surface area contributed by atoms with Crippen LogP contribution in [0.5, 0.6) is 0 Å². The molecule has 1 aromatic heterocycles. The van der Waals surface area contributed by atoms with E-state index in [1.165, 1.54) is 7.11 Å². The molecular formula is C28H29N3O6. The summed E-state index contributed by atoms with van der Waals surface area (Å²) in [6.45, 7) is 5.22. The second-order valence-corrected chi connectivity index (χ2v) is 8.95. The van der Waals surface area contributed by atoms with Gasteiger partial charge in [0.05, 0.1) is 24.2 Å². The number of esters is 1. The average molecular weight is 504 g/mol. The molecule has 37 heavy (non-hydrogen) atoms. The zero-order valence-electron chi connectivity index (χ0n) is 21.2. The number of rotatable bonds is 7. The first-order valence-electron chi connectivity index (χ1n) is 11.6.